The molecule has 160 valence electrons. The summed E-state index contributed by atoms with van der Waals surface area (Å²) in [6.45, 7) is 4.15. The third kappa shape index (κ3) is 4.20. The number of fused-ring (bicyclic) bond motifs is 1. The number of anilines is 1. The monoisotopic (exact) mass is 431 g/mol. The Morgan fingerprint density at radius 1 is 1.10 bits per heavy atom. The average Bonchev–Trinajstić information content (AvgIpc) is 3.03. The number of sulfonamides is 1. The van der Waals surface area contributed by atoms with Gasteiger partial charge in [-0.05, 0) is 36.1 Å². The van der Waals surface area contributed by atoms with Gasteiger partial charge in [-0.1, -0.05) is 26.0 Å². The number of carbonyl (C=O) groups excluding carboxylic acids is 1. The summed E-state index contributed by atoms with van der Waals surface area (Å²) in [4.78, 5) is 14.3. The molecule has 0 fully saturated rings. The van der Waals surface area contributed by atoms with Gasteiger partial charge in [0, 0.05) is 11.5 Å². The van der Waals surface area contributed by atoms with Crippen molar-refractivity contribution in [2.75, 3.05) is 18.9 Å². The first-order valence-corrected chi connectivity index (χ1v) is 10.8. The largest absolute Gasteiger partial charge is 0.543 e. The lowest BCUT2D eigenvalue weighted by atomic mass is 10.0. The highest BCUT2D eigenvalue weighted by molar-refractivity contribution is 7.92. The molecular weight excluding hydrogens is 408 g/mol. The number of nitrogens with one attached hydrogen (secondary N) is 2. The third-order valence-corrected chi connectivity index (χ3v) is 5.99. The van der Waals surface area contributed by atoms with Crippen LogP contribution in [0.25, 0.3) is 10.9 Å². The van der Waals surface area contributed by atoms with Gasteiger partial charge in [0.1, 0.15) is 0 Å². The van der Waals surface area contributed by atoms with E-state index in [4.69, 9.17) is 9.47 Å². The van der Waals surface area contributed by atoms with E-state index in [2.05, 4.69) is 23.6 Å². The molecule has 9 heteroatoms. The first-order chi connectivity index (χ1) is 14.2. The summed E-state index contributed by atoms with van der Waals surface area (Å²) in [5.74, 6) is -0.415. The van der Waals surface area contributed by atoms with Crippen LogP contribution in [0, 0.1) is 5.92 Å². The minimum atomic E-state index is -4.04. The zero-order chi connectivity index (χ0) is 22.1. The number of hydrogen-bond acceptors (Lipinski definition) is 6. The zero-order valence-electron chi connectivity index (χ0n) is 17.1. The molecular formula is C21H23N2O6S-. The quantitative estimate of drug-likeness (QED) is 0.565. The Bertz CT molecular complexity index is 1180. The first kappa shape index (κ1) is 21.5. The van der Waals surface area contributed by atoms with Crippen LogP contribution < -0.4 is 19.3 Å². The second kappa shape index (κ2) is 8.27. The number of benzene rings is 2. The van der Waals surface area contributed by atoms with Crippen LogP contribution in [0.15, 0.2) is 41.3 Å². The number of carboxylic acids is 1. The minimum absolute atomic E-state index is 0.0223. The molecule has 0 bridgehead atoms. The number of aromatic carboxylic acids is 1. The fourth-order valence-electron chi connectivity index (χ4n) is 3.25. The highest BCUT2D eigenvalue weighted by Crippen LogP contribution is 2.37. The van der Waals surface area contributed by atoms with Gasteiger partial charge in [-0.15, -0.1) is 0 Å². The Hall–Kier alpha value is -3.20. The SMILES string of the molecule is COc1cc2[nH]c(C(=O)[O-])c(NS(=O)(=O)c3ccc(CC(C)C)cc3)c2cc1OC. The molecule has 0 aliphatic carbocycles. The molecule has 3 rings (SSSR count). The molecule has 2 aromatic carbocycles. The van der Waals surface area contributed by atoms with Gasteiger partial charge in [0.25, 0.3) is 10.0 Å². The Labute approximate surface area is 174 Å². The number of aromatic nitrogens is 1. The van der Waals surface area contributed by atoms with Crippen LogP contribution in [0.1, 0.15) is 29.9 Å². The standard InChI is InChI=1S/C21H24N2O6S/c1-12(2)9-13-5-7-14(8-6-13)30(26,27)23-19-15-10-17(28-3)18(29-4)11-16(15)22-20(19)21(24)25/h5-8,10-12,22-23H,9H2,1-4H3,(H,24,25)/p-1. The zero-order valence-corrected chi connectivity index (χ0v) is 17.9. The van der Waals surface area contributed by atoms with Crippen LogP contribution in [0.4, 0.5) is 5.69 Å². The van der Waals surface area contributed by atoms with Crippen molar-refractivity contribution in [2.45, 2.75) is 25.2 Å². The summed E-state index contributed by atoms with van der Waals surface area (Å²) in [5.41, 5.74) is 0.859. The molecule has 0 aliphatic heterocycles. The fraction of sp³-hybridized carbons (Fsp3) is 0.286. The molecule has 30 heavy (non-hydrogen) atoms. The predicted molar refractivity (Wildman–Crippen MR) is 112 cm³/mol. The molecule has 0 amide bonds. The summed E-state index contributed by atoms with van der Waals surface area (Å²) < 4.78 is 38.7. The Kier molecular flexibility index (Phi) is 5.93. The number of hydrogen-bond donors (Lipinski definition) is 2. The molecule has 0 spiro atoms. The molecule has 0 unspecified atom stereocenters. The van der Waals surface area contributed by atoms with Crippen molar-refractivity contribution in [1.82, 2.24) is 4.98 Å². The normalized spacial score (nSPS) is 11.6. The van der Waals surface area contributed by atoms with E-state index in [9.17, 15) is 18.3 Å². The van der Waals surface area contributed by atoms with Crippen molar-refractivity contribution in [1.29, 1.82) is 0 Å². The van der Waals surface area contributed by atoms with Crippen molar-refractivity contribution in [3.8, 4) is 11.5 Å². The number of carbonyl (C=O) groups is 1. The van der Waals surface area contributed by atoms with Gasteiger partial charge in [0.05, 0.1) is 42.0 Å². The van der Waals surface area contributed by atoms with Crippen LogP contribution in [0.2, 0.25) is 0 Å². The Balaban J connectivity index is 2.06. The summed E-state index contributed by atoms with van der Waals surface area (Å²) in [5, 5.41) is 11.9. The fourth-order valence-corrected chi connectivity index (χ4v) is 4.34. The maximum absolute atomic E-state index is 12.9. The van der Waals surface area contributed by atoms with E-state index in [0.29, 0.717) is 28.3 Å². The Morgan fingerprint density at radius 2 is 1.70 bits per heavy atom. The highest BCUT2D eigenvalue weighted by Gasteiger charge is 2.22. The van der Waals surface area contributed by atoms with Crippen molar-refractivity contribution >= 4 is 32.6 Å². The molecule has 2 N–H and O–H groups in total. The van der Waals surface area contributed by atoms with Gasteiger partial charge < -0.3 is 24.4 Å². The lowest BCUT2D eigenvalue weighted by Gasteiger charge is -2.12. The number of ether oxygens (including phenoxy) is 2. The molecule has 0 saturated carbocycles. The van der Waals surface area contributed by atoms with Crippen LogP contribution >= 0.6 is 0 Å². The van der Waals surface area contributed by atoms with Crippen LogP contribution in [-0.2, 0) is 16.4 Å². The van der Waals surface area contributed by atoms with Crippen molar-refractivity contribution in [3.63, 3.8) is 0 Å². The maximum Gasteiger partial charge on any atom is 0.261 e. The smallest absolute Gasteiger partial charge is 0.261 e. The van der Waals surface area contributed by atoms with Gasteiger partial charge in [0.15, 0.2) is 11.5 Å². The van der Waals surface area contributed by atoms with Crippen molar-refractivity contribution in [3.05, 3.63) is 47.7 Å². The van der Waals surface area contributed by atoms with Crippen LogP contribution in [0.3, 0.4) is 0 Å². The maximum atomic E-state index is 12.9. The first-order valence-electron chi connectivity index (χ1n) is 9.27. The lowest BCUT2D eigenvalue weighted by Crippen LogP contribution is -2.25. The molecule has 3 aromatic rings. The average molecular weight is 431 g/mol. The number of carboxylic acid groups (broad SMARTS) is 1. The van der Waals surface area contributed by atoms with Gasteiger partial charge in [-0.25, -0.2) is 8.42 Å². The van der Waals surface area contributed by atoms with E-state index >= 15 is 0 Å². The topological polar surface area (TPSA) is 121 Å². The predicted octanol–water partition coefficient (Wildman–Crippen LogP) is 2.55. The molecule has 1 aromatic heterocycles. The van der Waals surface area contributed by atoms with Gasteiger partial charge >= 0.3 is 0 Å². The van der Waals surface area contributed by atoms with Gasteiger partial charge in [-0.3, -0.25) is 4.72 Å². The molecule has 8 nitrogen and oxygen atoms in total. The molecule has 0 aliphatic rings. The van der Waals surface area contributed by atoms with Crippen LogP contribution in [0.5, 0.6) is 11.5 Å². The number of rotatable bonds is 8. The van der Waals surface area contributed by atoms with E-state index in [1.807, 2.05) is 0 Å². The highest BCUT2D eigenvalue weighted by atomic mass is 32.2. The summed E-state index contributed by atoms with van der Waals surface area (Å²) in [6.07, 6.45) is 0.826. The van der Waals surface area contributed by atoms with Crippen molar-refractivity contribution in [2.24, 2.45) is 5.92 Å². The summed E-state index contributed by atoms with van der Waals surface area (Å²) in [7, 11) is -1.17. The molecule has 0 radical (unpaired) electrons. The molecule has 0 atom stereocenters. The van der Waals surface area contributed by atoms with E-state index < -0.39 is 16.0 Å². The van der Waals surface area contributed by atoms with Gasteiger partial charge in [0.2, 0.25) is 0 Å². The van der Waals surface area contributed by atoms with E-state index in [1.165, 1.54) is 38.5 Å². The third-order valence-electron chi connectivity index (χ3n) is 4.62. The molecule has 0 saturated heterocycles. The number of methoxy groups -OCH3 is 2. The number of H-pyrrole nitrogens is 1. The summed E-state index contributed by atoms with van der Waals surface area (Å²) in [6, 6.07) is 9.52. The second-order valence-electron chi connectivity index (χ2n) is 7.26. The van der Waals surface area contributed by atoms with E-state index in [0.717, 1.165) is 12.0 Å². The van der Waals surface area contributed by atoms with Crippen LogP contribution in [-0.4, -0.2) is 33.6 Å². The molecule has 1 heterocycles. The second-order valence-corrected chi connectivity index (χ2v) is 8.95. The minimum Gasteiger partial charge on any atom is -0.543 e. The van der Waals surface area contributed by atoms with E-state index in [-0.39, 0.29) is 16.3 Å². The summed E-state index contributed by atoms with van der Waals surface area (Å²) >= 11 is 0. The van der Waals surface area contributed by atoms with Crippen molar-refractivity contribution < 1.29 is 27.8 Å². The Morgan fingerprint density at radius 3 is 2.23 bits per heavy atom. The van der Waals surface area contributed by atoms with Gasteiger partial charge in [-0.2, -0.15) is 0 Å². The number of aromatic amines is 1. The van der Waals surface area contributed by atoms with E-state index in [1.54, 1.807) is 12.1 Å². The lowest BCUT2D eigenvalue weighted by molar-refractivity contribution is -0.255.